The zero-order chi connectivity index (χ0) is 13.9. The maximum atomic E-state index is 11.6. The molecule has 1 heterocycles. The van der Waals surface area contributed by atoms with Gasteiger partial charge in [0.1, 0.15) is 0 Å². The lowest BCUT2D eigenvalue weighted by Gasteiger charge is -2.23. The van der Waals surface area contributed by atoms with Crippen LogP contribution in [-0.4, -0.2) is 34.4 Å². The minimum atomic E-state index is -3.15. The van der Waals surface area contributed by atoms with Crippen LogP contribution in [0.3, 0.4) is 0 Å². The molecule has 5 heteroatoms. The molecule has 1 aliphatic heterocycles. The van der Waals surface area contributed by atoms with Gasteiger partial charge < -0.3 is 10.1 Å². The van der Waals surface area contributed by atoms with Crippen LogP contribution in [-0.2, 0) is 14.6 Å². The smallest absolute Gasteiger partial charge is 0.175 e. The standard InChI is InChI=1S/C14H21NO3S/c1-11-3-4-13(19(2,16)17)9-14(11)15-10-12-5-7-18-8-6-12/h3-4,9,12,15H,5-8,10H2,1-2H3. The molecule has 1 saturated heterocycles. The van der Waals surface area contributed by atoms with Crippen molar-refractivity contribution in [1.82, 2.24) is 0 Å². The molecular formula is C14H21NO3S. The van der Waals surface area contributed by atoms with Gasteiger partial charge in [0, 0.05) is 31.7 Å². The Morgan fingerprint density at radius 1 is 1.32 bits per heavy atom. The maximum absolute atomic E-state index is 11.6. The summed E-state index contributed by atoms with van der Waals surface area (Å²) in [6.07, 6.45) is 3.37. The third-order valence-corrected chi connectivity index (χ3v) is 4.67. The number of hydrogen-bond acceptors (Lipinski definition) is 4. The Kier molecular flexibility index (Phi) is 4.47. The average Bonchev–Trinajstić information content (AvgIpc) is 2.37. The summed E-state index contributed by atoms with van der Waals surface area (Å²) in [5.74, 6) is 0.607. The van der Waals surface area contributed by atoms with E-state index < -0.39 is 9.84 Å². The number of hydrogen-bond donors (Lipinski definition) is 1. The molecule has 0 saturated carbocycles. The van der Waals surface area contributed by atoms with Crippen molar-refractivity contribution in [3.63, 3.8) is 0 Å². The minimum absolute atomic E-state index is 0.368. The second-order valence-corrected chi connectivity index (χ2v) is 7.20. The number of benzene rings is 1. The summed E-state index contributed by atoms with van der Waals surface area (Å²) in [6, 6.07) is 5.23. The largest absolute Gasteiger partial charge is 0.385 e. The minimum Gasteiger partial charge on any atom is -0.385 e. The van der Waals surface area contributed by atoms with E-state index in [0.29, 0.717) is 10.8 Å². The zero-order valence-electron chi connectivity index (χ0n) is 11.5. The molecule has 4 nitrogen and oxygen atoms in total. The fourth-order valence-electron chi connectivity index (χ4n) is 2.23. The van der Waals surface area contributed by atoms with E-state index in [-0.39, 0.29) is 0 Å². The van der Waals surface area contributed by atoms with E-state index in [9.17, 15) is 8.42 Å². The van der Waals surface area contributed by atoms with E-state index in [0.717, 1.165) is 43.9 Å². The van der Waals surface area contributed by atoms with E-state index in [2.05, 4.69) is 5.32 Å². The summed E-state index contributed by atoms with van der Waals surface area (Å²) in [5.41, 5.74) is 1.98. The van der Waals surface area contributed by atoms with Crippen molar-refractivity contribution in [2.45, 2.75) is 24.7 Å². The Labute approximate surface area is 115 Å². The number of ether oxygens (including phenoxy) is 1. The van der Waals surface area contributed by atoms with Crippen molar-refractivity contribution in [3.05, 3.63) is 23.8 Å². The predicted molar refractivity (Wildman–Crippen MR) is 76.3 cm³/mol. The van der Waals surface area contributed by atoms with Gasteiger partial charge in [-0.25, -0.2) is 8.42 Å². The van der Waals surface area contributed by atoms with Crippen LogP contribution in [0.4, 0.5) is 5.69 Å². The van der Waals surface area contributed by atoms with Gasteiger partial charge in [-0.2, -0.15) is 0 Å². The SMILES string of the molecule is Cc1ccc(S(C)(=O)=O)cc1NCC1CCOCC1. The van der Waals surface area contributed by atoms with Crippen LogP contribution < -0.4 is 5.32 Å². The molecule has 1 aliphatic rings. The number of sulfone groups is 1. The Hall–Kier alpha value is -1.07. The van der Waals surface area contributed by atoms with Crippen molar-refractivity contribution < 1.29 is 13.2 Å². The second-order valence-electron chi connectivity index (χ2n) is 5.19. The molecule has 0 spiro atoms. The molecule has 19 heavy (non-hydrogen) atoms. The Balaban J connectivity index is 2.06. The summed E-state index contributed by atoms with van der Waals surface area (Å²) in [4.78, 5) is 0.368. The van der Waals surface area contributed by atoms with Gasteiger partial charge in [-0.1, -0.05) is 6.07 Å². The van der Waals surface area contributed by atoms with Gasteiger partial charge >= 0.3 is 0 Å². The lowest BCUT2D eigenvalue weighted by Crippen LogP contribution is -2.22. The van der Waals surface area contributed by atoms with Crippen LogP contribution in [0.1, 0.15) is 18.4 Å². The first kappa shape index (κ1) is 14.3. The van der Waals surface area contributed by atoms with Crippen LogP contribution in [0.5, 0.6) is 0 Å². The zero-order valence-corrected chi connectivity index (χ0v) is 12.3. The highest BCUT2D eigenvalue weighted by Gasteiger charge is 2.14. The highest BCUT2D eigenvalue weighted by molar-refractivity contribution is 7.90. The normalized spacial score (nSPS) is 17.4. The van der Waals surface area contributed by atoms with Gasteiger partial charge in [-0.15, -0.1) is 0 Å². The van der Waals surface area contributed by atoms with Crippen LogP contribution in [0, 0.1) is 12.8 Å². The average molecular weight is 283 g/mol. The first-order chi connectivity index (χ1) is 8.97. The van der Waals surface area contributed by atoms with Crippen LogP contribution in [0.25, 0.3) is 0 Å². The lowest BCUT2D eigenvalue weighted by molar-refractivity contribution is 0.0699. The molecular weight excluding hydrogens is 262 g/mol. The second kappa shape index (κ2) is 5.92. The van der Waals surface area contributed by atoms with Crippen LogP contribution in [0.15, 0.2) is 23.1 Å². The number of nitrogens with one attached hydrogen (secondary N) is 1. The van der Waals surface area contributed by atoms with E-state index in [1.54, 1.807) is 12.1 Å². The van der Waals surface area contributed by atoms with Crippen molar-refractivity contribution >= 4 is 15.5 Å². The van der Waals surface area contributed by atoms with Gasteiger partial charge in [0.2, 0.25) is 0 Å². The van der Waals surface area contributed by atoms with Crippen molar-refractivity contribution in [3.8, 4) is 0 Å². The van der Waals surface area contributed by atoms with E-state index in [1.807, 2.05) is 13.0 Å². The highest BCUT2D eigenvalue weighted by Crippen LogP contribution is 2.22. The number of anilines is 1. The predicted octanol–water partition coefficient (Wildman–Crippen LogP) is 2.24. The third-order valence-electron chi connectivity index (χ3n) is 3.56. The Bertz CT molecular complexity index is 534. The van der Waals surface area contributed by atoms with Gasteiger partial charge in [0.05, 0.1) is 4.90 Å². The quantitative estimate of drug-likeness (QED) is 0.920. The molecule has 0 bridgehead atoms. The number of rotatable bonds is 4. The van der Waals surface area contributed by atoms with Crippen LogP contribution >= 0.6 is 0 Å². The monoisotopic (exact) mass is 283 g/mol. The summed E-state index contributed by atoms with van der Waals surface area (Å²) in [7, 11) is -3.15. The molecule has 0 radical (unpaired) electrons. The molecule has 106 valence electrons. The Morgan fingerprint density at radius 2 is 2.00 bits per heavy atom. The van der Waals surface area contributed by atoms with E-state index in [4.69, 9.17) is 4.74 Å². The van der Waals surface area contributed by atoms with E-state index >= 15 is 0 Å². The summed E-state index contributed by atoms with van der Waals surface area (Å²) < 4.78 is 28.4. The summed E-state index contributed by atoms with van der Waals surface area (Å²) in [5, 5.41) is 3.38. The molecule has 1 aromatic rings. The molecule has 0 aliphatic carbocycles. The fourth-order valence-corrected chi connectivity index (χ4v) is 2.87. The van der Waals surface area contributed by atoms with Gasteiger partial charge in [0.25, 0.3) is 0 Å². The van der Waals surface area contributed by atoms with Crippen molar-refractivity contribution in [1.29, 1.82) is 0 Å². The lowest BCUT2D eigenvalue weighted by atomic mass is 10.0. The molecule has 1 aromatic carbocycles. The molecule has 0 atom stereocenters. The van der Waals surface area contributed by atoms with Gasteiger partial charge in [-0.3, -0.25) is 0 Å². The fraction of sp³-hybridized carbons (Fsp3) is 0.571. The topological polar surface area (TPSA) is 55.4 Å². The Morgan fingerprint density at radius 3 is 2.63 bits per heavy atom. The molecule has 1 fully saturated rings. The number of aryl methyl sites for hydroxylation is 1. The molecule has 1 N–H and O–H groups in total. The highest BCUT2D eigenvalue weighted by atomic mass is 32.2. The van der Waals surface area contributed by atoms with Crippen molar-refractivity contribution in [2.75, 3.05) is 31.3 Å². The van der Waals surface area contributed by atoms with Gasteiger partial charge in [0.15, 0.2) is 9.84 Å². The maximum Gasteiger partial charge on any atom is 0.175 e. The van der Waals surface area contributed by atoms with E-state index in [1.165, 1.54) is 6.26 Å². The first-order valence-electron chi connectivity index (χ1n) is 6.59. The first-order valence-corrected chi connectivity index (χ1v) is 8.48. The van der Waals surface area contributed by atoms with Crippen molar-refractivity contribution in [2.24, 2.45) is 5.92 Å². The summed E-state index contributed by atoms with van der Waals surface area (Å²) in [6.45, 7) is 4.51. The molecule has 0 unspecified atom stereocenters. The molecule has 0 amide bonds. The molecule has 2 rings (SSSR count). The van der Waals surface area contributed by atoms with Crippen LogP contribution in [0.2, 0.25) is 0 Å². The molecule has 0 aromatic heterocycles. The third kappa shape index (κ3) is 3.94. The summed E-state index contributed by atoms with van der Waals surface area (Å²) >= 11 is 0. The van der Waals surface area contributed by atoms with Gasteiger partial charge in [-0.05, 0) is 43.4 Å².